The summed E-state index contributed by atoms with van der Waals surface area (Å²) in [6, 6.07) is 0. The lowest BCUT2D eigenvalue weighted by Crippen LogP contribution is -2.37. The van der Waals surface area contributed by atoms with E-state index in [4.69, 9.17) is 5.11 Å². The zero-order chi connectivity index (χ0) is 15.3. The summed E-state index contributed by atoms with van der Waals surface area (Å²) in [6.07, 6.45) is 1.14. The van der Waals surface area contributed by atoms with Gasteiger partial charge in [0.2, 0.25) is 0 Å². The van der Waals surface area contributed by atoms with Gasteiger partial charge in [0.05, 0.1) is 18.6 Å². The minimum Gasteiger partial charge on any atom is -0.481 e. The van der Waals surface area contributed by atoms with Crippen molar-refractivity contribution < 1.29 is 20.1 Å². The number of carboxylic acid groups (broad SMARTS) is 1. The minimum atomic E-state index is -1.04. The number of aliphatic hydroxyl groups excluding tert-OH is 2. The lowest BCUT2D eigenvalue weighted by atomic mass is 9.69. The van der Waals surface area contributed by atoms with E-state index in [0.29, 0.717) is 0 Å². The van der Waals surface area contributed by atoms with Crippen molar-refractivity contribution in [2.75, 3.05) is 0 Å². The molecule has 0 aromatic rings. The van der Waals surface area contributed by atoms with Crippen molar-refractivity contribution in [3.63, 3.8) is 0 Å². The first kappa shape index (κ1) is 18.4. The fourth-order valence-electron chi connectivity index (χ4n) is 2.98. The Kier molecular flexibility index (Phi) is 7.01. The van der Waals surface area contributed by atoms with Crippen LogP contribution in [0.2, 0.25) is 0 Å². The van der Waals surface area contributed by atoms with E-state index in [9.17, 15) is 15.0 Å². The summed E-state index contributed by atoms with van der Waals surface area (Å²) in [7, 11) is 0. The molecule has 0 amide bonds. The molecule has 0 unspecified atom stereocenters. The maximum atomic E-state index is 10.5. The highest BCUT2D eigenvalue weighted by molar-refractivity contribution is 5.67. The zero-order valence-electron chi connectivity index (χ0n) is 12.9. The molecule has 0 fully saturated rings. The second kappa shape index (κ2) is 7.25. The smallest absolute Gasteiger partial charge is 0.305 e. The summed E-state index contributed by atoms with van der Waals surface area (Å²) >= 11 is 0. The van der Waals surface area contributed by atoms with Crippen LogP contribution in [0.4, 0.5) is 0 Å². The average Bonchev–Trinajstić information content (AvgIpc) is 2.13. The average molecular weight is 274 g/mol. The fraction of sp³-hybridized carbons (Fsp3) is 0.933. The summed E-state index contributed by atoms with van der Waals surface area (Å²) in [5.74, 6) is -1.04. The van der Waals surface area contributed by atoms with Crippen molar-refractivity contribution in [1.29, 1.82) is 0 Å². The molecule has 0 aliphatic rings. The van der Waals surface area contributed by atoms with Crippen molar-refractivity contribution in [1.82, 2.24) is 0 Å². The van der Waals surface area contributed by atoms with Crippen LogP contribution in [0.15, 0.2) is 0 Å². The van der Waals surface area contributed by atoms with Crippen molar-refractivity contribution in [2.24, 2.45) is 10.8 Å². The van der Waals surface area contributed by atoms with Gasteiger partial charge in [-0.05, 0) is 23.7 Å². The van der Waals surface area contributed by atoms with E-state index >= 15 is 0 Å². The van der Waals surface area contributed by atoms with Gasteiger partial charge >= 0.3 is 5.97 Å². The molecule has 4 heteroatoms. The van der Waals surface area contributed by atoms with Crippen molar-refractivity contribution in [2.45, 2.75) is 78.9 Å². The third-order valence-corrected chi connectivity index (χ3v) is 3.67. The molecule has 0 rings (SSSR count). The van der Waals surface area contributed by atoms with E-state index < -0.39 is 18.2 Å². The normalized spacial score (nSPS) is 16.2. The largest absolute Gasteiger partial charge is 0.481 e. The van der Waals surface area contributed by atoms with Gasteiger partial charge in [-0.3, -0.25) is 4.79 Å². The molecular weight excluding hydrogens is 244 g/mol. The molecule has 19 heavy (non-hydrogen) atoms. The lowest BCUT2D eigenvalue weighted by Gasteiger charge is -2.38. The van der Waals surface area contributed by atoms with Crippen molar-refractivity contribution in [3.8, 4) is 0 Å². The fourth-order valence-corrected chi connectivity index (χ4v) is 2.98. The van der Waals surface area contributed by atoms with Crippen LogP contribution < -0.4 is 0 Å². The van der Waals surface area contributed by atoms with Crippen LogP contribution in [0, 0.1) is 10.8 Å². The molecule has 114 valence electrons. The monoisotopic (exact) mass is 274 g/mol. The van der Waals surface area contributed by atoms with Crippen LogP contribution in [0.5, 0.6) is 0 Å². The molecule has 0 aliphatic carbocycles. The Balaban J connectivity index is 4.50. The summed E-state index contributed by atoms with van der Waals surface area (Å²) in [5, 5.41) is 28.5. The molecular formula is C15H30O4. The second-order valence-corrected chi connectivity index (χ2v) is 7.08. The molecule has 0 saturated carbocycles. The molecule has 4 nitrogen and oxygen atoms in total. The maximum Gasteiger partial charge on any atom is 0.305 e. The van der Waals surface area contributed by atoms with Gasteiger partial charge in [0, 0.05) is 6.42 Å². The maximum absolute atomic E-state index is 10.5. The molecule has 0 aromatic heterocycles. The van der Waals surface area contributed by atoms with E-state index in [2.05, 4.69) is 20.8 Å². The third-order valence-electron chi connectivity index (χ3n) is 3.67. The van der Waals surface area contributed by atoms with Crippen LogP contribution in [0.1, 0.15) is 66.7 Å². The first-order chi connectivity index (χ1) is 8.50. The van der Waals surface area contributed by atoms with E-state index in [0.717, 1.165) is 19.3 Å². The number of aliphatic hydroxyl groups is 2. The summed E-state index contributed by atoms with van der Waals surface area (Å²) in [6.45, 7) is 10.4. The van der Waals surface area contributed by atoms with E-state index in [1.54, 1.807) is 0 Å². The standard InChI is InChI=1S/C15H30O4/c1-6-7-14(2,3)10-15(4,5)12(17)8-11(16)9-13(18)19/h11-12,16-17H,6-10H2,1-5H3,(H,18,19)/t11-,12+/m1/s1. The van der Waals surface area contributed by atoms with Gasteiger partial charge in [-0.15, -0.1) is 0 Å². The highest BCUT2D eigenvalue weighted by Gasteiger charge is 2.35. The predicted molar refractivity (Wildman–Crippen MR) is 76.0 cm³/mol. The third kappa shape index (κ3) is 7.53. The second-order valence-electron chi connectivity index (χ2n) is 7.08. The molecule has 0 saturated heterocycles. The Morgan fingerprint density at radius 2 is 1.68 bits per heavy atom. The van der Waals surface area contributed by atoms with E-state index in [1.807, 2.05) is 13.8 Å². The van der Waals surface area contributed by atoms with Gasteiger partial charge in [0.1, 0.15) is 0 Å². The first-order valence-corrected chi connectivity index (χ1v) is 7.08. The van der Waals surface area contributed by atoms with Gasteiger partial charge in [-0.1, -0.05) is 41.0 Å². The Morgan fingerprint density at radius 3 is 2.11 bits per heavy atom. The Hall–Kier alpha value is -0.610. The predicted octanol–water partition coefficient (Wildman–Crippen LogP) is 2.82. The Bertz CT molecular complexity index is 284. The van der Waals surface area contributed by atoms with Crippen LogP contribution >= 0.6 is 0 Å². The van der Waals surface area contributed by atoms with Crippen LogP contribution in [-0.2, 0) is 4.79 Å². The Morgan fingerprint density at radius 1 is 1.16 bits per heavy atom. The molecule has 0 spiro atoms. The van der Waals surface area contributed by atoms with Crippen LogP contribution in [0.3, 0.4) is 0 Å². The number of carboxylic acids is 1. The quantitative estimate of drug-likeness (QED) is 0.604. The summed E-state index contributed by atoms with van der Waals surface area (Å²) in [5.41, 5.74) is -0.199. The minimum absolute atomic E-state index is 0.113. The Labute approximate surface area is 116 Å². The molecule has 2 atom stereocenters. The molecule has 0 radical (unpaired) electrons. The first-order valence-electron chi connectivity index (χ1n) is 7.08. The molecule has 0 bridgehead atoms. The van der Waals surface area contributed by atoms with E-state index in [1.165, 1.54) is 0 Å². The van der Waals surface area contributed by atoms with Crippen LogP contribution in [0.25, 0.3) is 0 Å². The van der Waals surface area contributed by atoms with Crippen molar-refractivity contribution >= 4 is 5.97 Å². The SMILES string of the molecule is CCCC(C)(C)CC(C)(C)[C@@H](O)C[C@@H](O)CC(=O)O. The molecule has 3 N–H and O–H groups in total. The van der Waals surface area contributed by atoms with Gasteiger partial charge in [0.25, 0.3) is 0 Å². The number of hydrogen-bond acceptors (Lipinski definition) is 3. The zero-order valence-corrected chi connectivity index (χ0v) is 12.9. The highest BCUT2D eigenvalue weighted by Crippen LogP contribution is 2.40. The van der Waals surface area contributed by atoms with Gasteiger partial charge < -0.3 is 15.3 Å². The van der Waals surface area contributed by atoms with Crippen LogP contribution in [-0.4, -0.2) is 33.5 Å². The van der Waals surface area contributed by atoms with Gasteiger partial charge in [0.15, 0.2) is 0 Å². The number of rotatable bonds is 9. The van der Waals surface area contributed by atoms with E-state index in [-0.39, 0.29) is 23.7 Å². The molecule has 0 aromatic carbocycles. The topological polar surface area (TPSA) is 77.8 Å². The summed E-state index contributed by atoms with van der Waals surface area (Å²) < 4.78 is 0. The van der Waals surface area contributed by atoms with Gasteiger partial charge in [-0.25, -0.2) is 0 Å². The molecule has 0 heterocycles. The van der Waals surface area contributed by atoms with Gasteiger partial charge in [-0.2, -0.15) is 0 Å². The van der Waals surface area contributed by atoms with Crippen molar-refractivity contribution in [3.05, 3.63) is 0 Å². The number of carbonyl (C=O) groups is 1. The number of hydrogen-bond donors (Lipinski definition) is 3. The highest BCUT2D eigenvalue weighted by atomic mass is 16.4. The molecule has 0 aliphatic heterocycles. The summed E-state index contributed by atoms with van der Waals surface area (Å²) in [4.78, 5) is 10.5. The number of aliphatic carboxylic acids is 1. The lowest BCUT2D eigenvalue weighted by molar-refractivity contribution is -0.139.